The zero-order valence-corrected chi connectivity index (χ0v) is 18.4. The van der Waals surface area contributed by atoms with Gasteiger partial charge < -0.3 is 20.1 Å². The number of hydrogen-bond donors (Lipinski definition) is 2. The van der Waals surface area contributed by atoms with Gasteiger partial charge in [-0.2, -0.15) is 0 Å². The van der Waals surface area contributed by atoms with Crippen molar-refractivity contribution in [2.75, 3.05) is 20.1 Å². The summed E-state index contributed by atoms with van der Waals surface area (Å²) >= 11 is 0. The quantitative estimate of drug-likeness (QED) is 0.562. The lowest BCUT2D eigenvalue weighted by Gasteiger charge is -2.41. The van der Waals surface area contributed by atoms with Crippen LogP contribution in [0.2, 0.25) is 0 Å². The van der Waals surface area contributed by atoms with Gasteiger partial charge >= 0.3 is 0 Å². The molecule has 166 valence electrons. The highest BCUT2D eigenvalue weighted by atomic mass is 16.2. The minimum atomic E-state index is -1.10. The smallest absolute Gasteiger partial charge is 0.271 e. The summed E-state index contributed by atoms with van der Waals surface area (Å²) in [5, 5.41) is 6.52. The molecule has 3 aromatic rings. The van der Waals surface area contributed by atoms with Crippen molar-refractivity contribution in [2.45, 2.75) is 31.8 Å². The molecule has 0 spiro atoms. The Morgan fingerprint density at radius 3 is 2.53 bits per heavy atom. The SMILES string of the molecule is CN1C(=O)c2cc3ccccc3n2CC1(C)C(=O)NCC(=O)NCCCc1ccccc1. The number of nitrogens with one attached hydrogen (secondary N) is 2. The Kier molecular flexibility index (Phi) is 5.99. The summed E-state index contributed by atoms with van der Waals surface area (Å²) in [6.07, 6.45) is 1.70. The number of para-hydroxylation sites is 1. The van der Waals surface area contributed by atoms with Crippen LogP contribution in [-0.4, -0.2) is 52.9 Å². The second-order valence-electron chi connectivity index (χ2n) is 8.43. The molecule has 0 saturated heterocycles. The summed E-state index contributed by atoms with van der Waals surface area (Å²) < 4.78 is 1.89. The topological polar surface area (TPSA) is 83.4 Å². The molecule has 1 atom stereocenters. The van der Waals surface area contributed by atoms with E-state index in [0.717, 1.165) is 23.7 Å². The monoisotopic (exact) mass is 432 g/mol. The third kappa shape index (κ3) is 4.10. The predicted molar refractivity (Wildman–Crippen MR) is 123 cm³/mol. The molecular weight excluding hydrogens is 404 g/mol. The van der Waals surface area contributed by atoms with E-state index in [-0.39, 0.29) is 24.3 Å². The number of likely N-dealkylation sites (N-methyl/N-ethyl adjacent to an activating group) is 1. The molecule has 32 heavy (non-hydrogen) atoms. The lowest BCUT2D eigenvalue weighted by molar-refractivity contribution is -0.134. The second-order valence-corrected chi connectivity index (χ2v) is 8.43. The van der Waals surface area contributed by atoms with E-state index in [1.165, 1.54) is 10.5 Å². The summed E-state index contributed by atoms with van der Waals surface area (Å²) in [6, 6.07) is 19.7. The molecule has 0 radical (unpaired) electrons. The molecule has 1 aliphatic rings. The van der Waals surface area contributed by atoms with Gasteiger partial charge in [-0.25, -0.2) is 0 Å². The number of rotatable bonds is 7. The van der Waals surface area contributed by atoms with Gasteiger partial charge in [-0.3, -0.25) is 14.4 Å². The molecule has 3 amide bonds. The largest absolute Gasteiger partial charge is 0.355 e. The molecule has 2 aromatic carbocycles. The Bertz CT molecular complexity index is 1150. The van der Waals surface area contributed by atoms with Gasteiger partial charge in [-0.1, -0.05) is 48.5 Å². The van der Waals surface area contributed by atoms with E-state index in [4.69, 9.17) is 0 Å². The second kappa shape index (κ2) is 8.86. The zero-order valence-electron chi connectivity index (χ0n) is 18.4. The molecular formula is C25H28N4O3. The third-order valence-corrected chi connectivity index (χ3v) is 6.25. The first kappa shape index (κ1) is 21.6. The first-order valence-corrected chi connectivity index (χ1v) is 10.9. The van der Waals surface area contributed by atoms with Crippen LogP contribution < -0.4 is 10.6 Å². The Morgan fingerprint density at radius 2 is 1.75 bits per heavy atom. The molecule has 0 fully saturated rings. The van der Waals surface area contributed by atoms with Crippen LogP contribution in [-0.2, 0) is 22.6 Å². The number of hydrogen-bond acceptors (Lipinski definition) is 3. The number of carbonyl (C=O) groups excluding carboxylic acids is 3. The molecule has 1 aromatic heterocycles. The van der Waals surface area contributed by atoms with E-state index in [9.17, 15) is 14.4 Å². The number of aryl methyl sites for hydroxylation is 1. The normalized spacial score (nSPS) is 17.8. The standard InChI is InChI=1S/C25H28N4O3/c1-25(17-29-20-13-7-6-12-19(20)15-21(29)23(31)28(25)2)24(32)27-16-22(30)26-14-8-11-18-9-4-3-5-10-18/h3-7,9-10,12-13,15H,8,11,14,16-17H2,1-2H3,(H,26,30)(H,27,32). The fourth-order valence-electron chi connectivity index (χ4n) is 4.17. The Morgan fingerprint density at radius 1 is 1.03 bits per heavy atom. The summed E-state index contributed by atoms with van der Waals surface area (Å²) in [5.41, 5.74) is 1.61. The molecule has 0 saturated carbocycles. The van der Waals surface area contributed by atoms with Crippen LogP contribution in [0.25, 0.3) is 10.9 Å². The van der Waals surface area contributed by atoms with Gasteiger partial charge in [0.25, 0.3) is 5.91 Å². The fraction of sp³-hybridized carbons (Fsp3) is 0.320. The molecule has 2 N–H and O–H groups in total. The maximum absolute atomic E-state index is 13.1. The molecule has 4 rings (SSSR count). The van der Waals surface area contributed by atoms with Gasteiger partial charge in [0.2, 0.25) is 11.8 Å². The van der Waals surface area contributed by atoms with E-state index in [1.54, 1.807) is 14.0 Å². The highest BCUT2D eigenvalue weighted by Gasteiger charge is 2.45. The summed E-state index contributed by atoms with van der Waals surface area (Å²) in [7, 11) is 1.63. The highest BCUT2D eigenvalue weighted by Crippen LogP contribution is 2.31. The molecule has 0 bridgehead atoms. The maximum atomic E-state index is 13.1. The fourth-order valence-corrected chi connectivity index (χ4v) is 4.17. The van der Waals surface area contributed by atoms with Gasteiger partial charge in [-0.15, -0.1) is 0 Å². The molecule has 1 unspecified atom stereocenters. The van der Waals surface area contributed by atoms with Crippen LogP contribution in [0.1, 0.15) is 29.4 Å². The molecule has 7 heteroatoms. The van der Waals surface area contributed by atoms with Gasteiger partial charge in [0.15, 0.2) is 0 Å². The number of fused-ring (bicyclic) bond motifs is 3. The van der Waals surface area contributed by atoms with Crippen molar-refractivity contribution in [3.63, 3.8) is 0 Å². The predicted octanol–water partition coefficient (Wildman–Crippen LogP) is 2.35. The van der Waals surface area contributed by atoms with Gasteiger partial charge in [0, 0.05) is 24.5 Å². The van der Waals surface area contributed by atoms with Crippen molar-refractivity contribution in [3.8, 4) is 0 Å². The van der Waals surface area contributed by atoms with E-state index in [0.29, 0.717) is 18.8 Å². The minimum Gasteiger partial charge on any atom is -0.355 e. The zero-order chi connectivity index (χ0) is 22.7. The van der Waals surface area contributed by atoms with Crippen LogP contribution in [0, 0.1) is 0 Å². The number of aromatic nitrogens is 1. The van der Waals surface area contributed by atoms with Gasteiger partial charge in [0.1, 0.15) is 11.2 Å². The Hall–Kier alpha value is -3.61. The van der Waals surface area contributed by atoms with E-state index in [1.807, 2.05) is 53.1 Å². The summed E-state index contributed by atoms with van der Waals surface area (Å²) in [4.78, 5) is 39.7. The Labute approximate surface area is 187 Å². The lowest BCUT2D eigenvalue weighted by Crippen LogP contribution is -2.63. The van der Waals surface area contributed by atoms with Crippen molar-refractivity contribution in [1.29, 1.82) is 0 Å². The molecule has 0 aliphatic carbocycles. The average molecular weight is 433 g/mol. The van der Waals surface area contributed by atoms with Crippen LogP contribution in [0.5, 0.6) is 0 Å². The van der Waals surface area contributed by atoms with Crippen LogP contribution >= 0.6 is 0 Å². The van der Waals surface area contributed by atoms with Crippen LogP contribution in [0.3, 0.4) is 0 Å². The average Bonchev–Trinajstić information content (AvgIpc) is 3.18. The van der Waals surface area contributed by atoms with Crippen molar-refractivity contribution in [3.05, 3.63) is 71.9 Å². The summed E-state index contributed by atoms with van der Waals surface area (Å²) in [5.74, 6) is -0.807. The van der Waals surface area contributed by atoms with E-state index >= 15 is 0 Å². The first-order valence-electron chi connectivity index (χ1n) is 10.9. The van der Waals surface area contributed by atoms with E-state index in [2.05, 4.69) is 22.8 Å². The number of benzene rings is 2. The maximum Gasteiger partial charge on any atom is 0.271 e. The van der Waals surface area contributed by atoms with E-state index < -0.39 is 5.54 Å². The lowest BCUT2D eigenvalue weighted by atomic mass is 9.95. The summed E-state index contributed by atoms with van der Waals surface area (Å²) in [6.45, 7) is 2.47. The van der Waals surface area contributed by atoms with Crippen LogP contribution in [0.15, 0.2) is 60.7 Å². The van der Waals surface area contributed by atoms with Gasteiger partial charge in [-0.05, 0) is 37.5 Å². The number of amides is 3. The van der Waals surface area contributed by atoms with Crippen molar-refractivity contribution in [2.24, 2.45) is 0 Å². The van der Waals surface area contributed by atoms with Crippen molar-refractivity contribution < 1.29 is 14.4 Å². The third-order valence-electron chi connectivity index (χ3n) is 6.25. The highest BCUT2D eigenvalue weighted by molar-refractivity contribution is 6.03. The van der Waals surface area contributed by atoms with Crippen molar-refractivity contribution in [1.82, 2.24) is 20.1 Å². The minimum absolute atomic E-state index is 0.124. The van der Waals surface area contributed by atoms with Crippen molar-refractivity contribution >= 4 is 28.6 Å². The number of nitrogens with zero attached hydrogens (tertiary/aromatic N) is 2. The van der Waals surface area contributed by atoms with Gasteiger partial charge in [0.05, 0.1) is 13.1 Å². The molecule has 2 heterocycles. The molecule has 7 nitrogen and oxygen atoms in total. The Balaban J connectivity index is 1.34. The number of carbonyl (C=O) groups is 3. The first-order chi connectivity index (χ1) is 15.4. The van der Waals surface area contributed by atoms with Crippen LogP contribution in [0.4, 0.5) is 0 Å². The molecule has 1 aliphatic heterocycles.